The summed E-state index contributed by atoms with van der Waals surface area (Å²) < 4.78 is 13.8. The van der Waals surface area contributed by atoms with Gasteiger partial charge in [0.25, 0.3) is 0 Å². The first kappa shape index (κ1) is 12.0. The predicted molar refractivity (Wildman–Crippen MR) is 65.2 cm³/mol. The van der Waals surface area contributed by atoms with Gasteiger partial charge >= 0.3 is 0 Å². The van der Waals surface area contributed by atoms with Gasteiger partial charge in [0.05, 0.1) is 4.90 Å². The van der Waals surface area contributed by atoms with E-state index in [0.29, 0.717) is 10.1 Å². The molecule has 0 aliphatic carbocycles. The first-order valence-electron chi connectivity index (χ1n) is 5.16. The fourth-order valence-corrected chi connectivity index (χ4v) is 2.04. The van der Waals surface area contributed by atoms with E-state index in [1.165, 1.54) is 17.8 Å². The van der Waals surface area contributed by atoms with E-state index >= 15 is 0 Å². The normalized spacial score (nSPS) is 12.4. The number of benzene rings is 1. The minimum absolute atomic E-state index is 0.170. The molecule has 1 aromatic carbocycles. The summed E-state index contributed by atoms with van der Waals surface area (Å²) in [5.41, 5.74) is 6.47. The Balaban J connectivity index is 2.23. The van der Waals surface area contributed by atoms with Crippen molar-refractivity contribution >= 4 is 11.8 Å². The molecule has 17 heavy (non-hydrogen) atoms. The molecule has 88 valence electrons. The van der Waals surface area contributed by atoms with Crippen molar-refractivity contribution in [3.63, 3.8) is 0 Å². The zero-order valence-corrected chi connectivity index (χ0v) is 10.1. The SMILES string of the molecule is CC(N)c1ccc(Sc2ncccn2)c(F)c1. The summed E-state index contributed by atoms with van der Waals surface area (Å²) >= 11 is 1.20. The molecular formula is C12H12FN3S. The van der Waals surface area contributed by atoms with Gasteiger partial charge in [0.1, 0.15) is 5.82 Å². The van der Waals surface area contributed by atoms with Crippen LogP contribution in [0.3, 0.4) is 0 Å². The Kier molecular flexibility index (Phi) is 3.71. The summed E-state index contributed by atoms with van der Waals surface area (Å²) in [6.07, 6.45) is 3.26. The van der Waals surface area contributed by atoms with Crippen LogP contribution >= 0.6 is 11.8 Å². The lowest BCUT2D eigenvalue weighted by molar-refractivity contribution is 0.596. The monoisotopic (exact) mass is 249 g/mol. The number of hydrogen-bond acceptors (Lipinski definition) is 4. The highest BCUT2D eigenvalue weighted by Crippen LogP contribution is 2.28. The van der Waals surface area contributed by atoms with Gasteiger partial charge in [-0.2, -0.15) is 0 Å². The molecular weight excluding hydrogens is 237 g/mol. The molecule has 1 aromatic heterocycles. The van der Waals surface area contributed by atoms with Crippen LogP contribution in [0.15, 0.2) is 46.7 Å². The molecule has 0 aliphatic rings. The summed E-state index contributed by atoms with van der Waals surface area (Å²) in [6, 6.07) is 6.53. The van der Waals surface area contributed by atoms with Crippen molar-refractivity contribution in [1.82, 2.24) is 9.97 Å². The Morgan fingerprint density at radius 1 is 1.29 bits per heavy atom. The maximum absolute atomic E-state index is 13.8. The molecule has 1 unspecified atom stereocenters. The van der Waals surface area contributed by atoms with E-state index in [2.05, 4.69) is 9.97 Å². The second-order valence-electron chi connectivity index (χ2n) is 3.61. The third-order valence-corrected chi connectivity index (χ3v) is 3.17. The smallest absolute Gasteiger partial charge is 0.192 e. The van der Waals surface area contributed by atoms with Gasteiger partial charge in [0.15, 0.2) is 5.16 Å². The van der Waals surface area contributed by atoms with Crippen molar-refractivity contribution in [1.29, 1.82) is 0 Å². The minimum atomic E-state index is -0.294. The first-order chi connectivity index (χ1) is 8.16. The van der Waals surface area contributed by atoms with Crippen LogP contribution in [0, 0.1) is 5.82 Å². The zero-order chi connectivity index (χ0) is 12.3. The molecule has 2 aromatic rings. The van der Waals surface area contributed by atoms with Gasteiger partial charge in [-0.05, 0) is 42.4 Å². The van der Waals surface area contributed by atoms with Crippen molar-refractivity contribution in [2.45, 2.75) is 23.0 Å². The van der Waals surface area contributed by atoms with E-state index in [1.54, 1.807) is 24.5 Å². The number of aromatic nitrogens is 2. The summed E-state index contributed by atoms with van der Waals surface area (Å²) in [4.78, 5) is 8.57. The second kappa shape index (κ2) is 5.25. The molecule has 1 heterocycles. The highest BCUT2D eigenvalue weighted by molar-refractivity contribution is 7.99. The Hall–Kier alpha value is -1.46. The molecule has 0 amide bonds. The molecule has 0 bridgehead atoms. The van der Waals surface area contributed by atoms with Crippen molar-refractivity contribution in [3.8, 4) is 0 Å². The fraction of sp³-hybridized carbons (Fsp3) is 0.167. The third-order valence-electron chi connectivity index (χ3n) is 2.23. The van der Waals surface area contributed by atoms with Crippen LogP contribution in [-0.4, -0.2) is 9.97 Å². The maximum Gasteiger partial charge on any atom is 0.192 e. The lowest BCUT2D eigenvalue weighted by Crippen LogP contribution is -2.05. The fourth-order valence-electron chi connectivity index (χ4n) is 1.32. The van der Waals surface area contributed by atoms with Crippen molar-refractivity contribution in [2.24, 2.45) is 5.73 Å². The lowest BCUT2D eigenvalue weighted by Gasteiger charge is -2.07. The molecule has 3 nitrogen and oxygen atoms in total. The maximum atomic E-state index is 13.8. The van der Waals surface area contributed by atoms with Crippen LogP contribution < -0.4 is 5.73 Å². The topological polar surface area (TPSA) is 51.8 Å². The number of hydrogen-bond donors (Lipinski definition) is 1. The van der Waals surface area contributed by atoms with E-state index < -0.39 is 0 Å². The largest absolute Gasteiger partial charge is 0.324 e. The predicted octanol–water partition coefficient (Wildman–Crippen LogP) is 2.79. The number of nitrogens with two attached hydrogens (primary N) is 1. The summed E-state index contributed by atoms with van der Waals surface area (Å²) in [5.74, 6) is -0.294. The van der Waals surface area contributed by atoms with Gasteiger partial charge in [0, 0.05) is 18.4 Å². The van der Waals surface area contributed by atoms with E-state index in [1.807, 2.05) is 13.0 Å². The summed E-state index contributed by atoms with van der Waals surface area (Å²) in [7, 11) is 0. The lowest BCUT2D eigenvalue weighted by atomic mass is 10.1. The Morgan fingerprint density at radius 2 is 2.00 bits per heavy atom. The Morgan fingerprint density at radius 3 is 2.59 bits per heavy atom. The average molecular weight is 249 g/mol. The van der Waals surface area contributed by atoms with Gasteiger partial charge in [-0.25, -0.2) is 14.4 Å². The number of rotatable bonds is 3. The molecule has 0 saturated carbocycles. The summed E-state index contributed by atoms with van der Waals surface area (Å²) in [6.45, 7) is 1.82. The molecule has 1 atom stereocenters. The number of halogens is 1. The van der Waals surface area contributed by atoms with Crippen LogP contribution in [-0.2, 0) is 0 Å². The van der Waals surface area contributed by atoms with Gasteiger partial charge in [-0.1, -0.05) is 6.07 Å². The molecule has 5 heteroatoms. The highest BCUT2D eigenvalue weighted by atomic mass is 32.2. The zero-order valence-electron chi connectivity index (χ0n) is 9.30. The molecule has 2 rings (SSSR count). The van der Waals surface area contributed by atoms with E-state index in [-0.39, 0.29) is 11.9 Å². The van der Waals surface area contributed by atoms with Crippen molar-refractivity contribution in [2.75, 3.05) is 0 Å². The molecule has 0 fully saturated rings. The van der Waals surface area contributed by atoms with Gasteiger partial charge in [-0.15, -0.1) is 0 Å². The van der Waals surface area contributed by atoms with Gasteiger partial charge in [-0.3, -0.25) is 0 Å². The summed E-state index contributed by atoms with van der Waals surface area (Å²) in [5, 5.41) is 0.528. The van der Waals surface area contributed by atoms with Crippen LogP contribution in [0.1, 0.15) is 18.5 Å². The first-order valence-corrected chi connectivity index (χ1v) is 5.98. The molecule has 0 radical (unpaired) electrons. The Bertz CT molecular complexity index is 502. The quantitative estimate of drug-likeness (QED) is 0.850. The third kappa shape index (κ3) is 3.01. The van der Waals surface area contributed by atoms with Crippen molar-refractivity contribution in [3.05, 3.63) is 48.0 Å². The van der Waals surface area contributed by atoms with Crippen LogP contribution in [0.2, 0.25) is 0 Å². The van der Waals surface area contributed by atoms with Crippen LogP contribution in [0.25, 0.3) is 0 Å². The van der Waals surface area contributed by atoms with E-state index in [4.69, 9.17) is 5.73 Å². The Labute approximate surface area is 103 Å². The van der Waals surface area contributed by atoms with Crippen LogP contribution in [0.4, 0.5) is 4.39 Å². The van der Waals surface area contributed by atoms with Crippen LogP contribution in [0.5, 0.6) is 0 Å². The average Bonchev–Trinajstić information content (AvgIpc) is 2.33. The van der Waals surface area contributed by atoms with E-state index in [0.717, 1.165) is 5.56 Å². The second-order valence-corrected chi connectivity index (χ2v) is 4.62. The molecule has 0 spiro atoms. The van der Waals surface area contributed by atoms with Crippen molar-refractivity contribution < 1.29 is 4.39 Å². The number of nitrogens with zero attached hydrogens (tertiary/aromatic N) is 2. The molecule has 2 N–H and O–H groups in total. The molecule has 0 aliphatic heterocycles. The van der Waals surface area contributed by atoms with Gasteiger partial charge < -0.3 is 5.73 Å². The standard InChI is InChI=1S/C12H12FN3S/c1-8(14)9-3-4-11(10(13)7-9)17-12-15-5-2-6-16-12/h2-8H,14H2,1H3. The highest BCUT2D eigenvalue weighted by Gasteiger charge is 2.08. The minimum Gasteiger partial charge on any atom is -0.324 e. The van der Waals surface area contributed by atoms with E-state index in [9.17, 15) is 4.39 Å². The molecule has 0 saturated heterocycles. The van der Waals surface area contributed by atoms with Gasteiger partial charge in [0.2, 0.25) is 0 Å².